The lowest BCUT2D eigenvalue weighted by molar-refractivity contribution is -0.113. The number of unbranched alkanes of at least 4 members (excludes halogenated alkanes) is 1. The number of aryl methyl sites for hydroxylation is 1. The molecule has 3 nitrogen and oxygen atoms in total. The third kappa shape index (κ3) is 5.16. The van der Waals surface area contributed by atoms with E-state index in [1.165, 1.54) is 6.92 Å². The van der Waals surface area contributed by atoms with Crippen molar-refractivity contribution in [3.8, 4) is 5.75 Å². The fourth-order valence-electron chi connectivity index (χ4n) is 1.92. The molecule has 0 fully saturated rings. The molecule has 0 unspecified atom stereocenters. The lowest BCUT2D eigenvalue weighted by Gasteiger charge is -2.09. The largest absolute Gasteiger partial charge is 0.512 e. The van der Waals surface area contributed by atoms with Gasteiger partial charge in [-0.15, -0.1) is 0 Å². The van der Waals surface area contributed by atoms with Crippen LogP contribution in [0, 0.1) is 6.92 Å². The standard InChI is InChI=1S/C16H22O3/c1-12-8-4-5-10-16(12)19-11-7-6-9-15(13(2)17)14(3)18/h4-5,8,10,17H,6-7,9,11H2,1-3H3/b15-13+. The third-order valence-electron chi connectivity index (χ3n) is 3.03. The monoisotopic (exact) mass is 262 g/mol. The Morgan fingerprint density at radius 3 is 2.47 bits per heavy atom. The van der Waals surface area contributed by atoms with Gasteiger partial charge >= 0.3 is 0 Å². The number of hydrogen-bond acceptors (Lipinski definition) is 3. The molecule has 0 saturated heterocycles. The minimum Gasteiger partial charge on any atom is -0.512 e. The summed E-state index contributed by atoms with van der Waals surface area (Å²) in [6, 6.07) is 7.90. The molecule has 0 atom stereocenters. The van der Waals surface area contributed by atoms with Gasteiger partial charge in [-0.1, -0.05) is 18.2 Å². The number of carbonyl (C=O) groups is 1. The molecule has 0 bridgehead atoms. The predicted molar refractivity (Wildman–Crippen MR) is 76.5 cm³/mol. The van der Waals surface area contributed by atoms with Gasteiger partial charge in [0.05, 0.1) is 12.4 Å². The summed E-state index contributed by atoms with van der Waals surface area (Å²) < 4.78 is 5.68. The average Bonchev–Trinajstić information content (AvgIpc) is 2.34. The number of ether oxygens (including phenoxy) is 1. The van der Waals surface area contributed by atoms with Crippen molar-refractivity contribution in [3.63, 3.8) is 0 Å². The first kappa shape index (κ1) is 15.3. The number of allylic oxidation sites excluding steroid dienone is 2. The highest BCUT2D eigenvalue weighted by atomic mass is 16.5. The van der Waals surface area contributed by atoms with E-state index < -0.39 is 0 Å². The van der Waals surface area contributed by atoms with Gasteiger partial charge in [-0.3, -0.25) is 4.79 Å². The molecule has 0 spiro atoms. The summed E-state index contributed by atoms with van der Waals surface area (Å²) in [6.45, 7) is 5.68. The molecular weight excluding hydrogens is 240 g/mol. The van der Waals surface area contributed by atoms with Crippen molar-refractivity contribution in [2.45, 2.75) is 40.0 Å². The summed E-state index contributed by atoms with van der Waals surface area (Å²) in [5.41, 5.74) is 1.65. The minimum atomic E-state index is -0.0557. The van der Waals surface area contributed by atoms with Gasteiger partial charge < -0.3 is 9.84 Å². The Morgan fingerprint density at radius 2 is 1.89 bits per heavy atom. The highest BCUT2D eigenvalue weighted by Gasteiger charge is 2.07. The summed E-state index contributed by atoms with van der Waals surface area (Å²) in [5.74, 6) is 0.982. The number of rotatable bonds is 7. The predicted octanol–water partition coefficient (Wildman–Crippen LogP) is 3.97. The van der Waals surface area contributed by atoms with E-state index in [0.717, 1.165) is 24.2 Å². The Morgan fingerprint density at radius 1 is 1.21 bits per heavy atom. The highest BCUT2D eigenvalue weighted by molar-refractivity contribution is 5.93. The highest BCUT2D eigenvalue weighted by Crippen LogP contribution is 2.17. The number of ketones is 1. The van der Waals surface area contributed by atoms with Gasteiger partial charge in [-0.05, 0) is 51.7 Å². The molecule has 19 heavy (non-hydrogen) atoms. The Bertz CT molecular complexity index is 457. The zero-order valence-corrected chi connectivity index (χ0v) is 11.9. The molecule has 0 saturated carbocycles. The van der Waals surface area contributed by atoms with Crippen LogP contribution >= 0.6 is 0 Å². The van der Waals surface area contributed by atoms with Crippen molar-refractivity contribution in [2.24, 2.45) is 0 Å². The molecule has 3 heteroatoms. The van der Waals surface area contributed by atoms with E-state index in [1.54, 1.807) is 6.92 Å². The fraction of sp³-hybridized carbons (Fsp3) is 0.438. The summed E-state index contributed by atoms with van der Waals surface area (Å²) in [7, 11) is 0. The number of hydrogen-bond donors (Lipinski definition) is 1. The average molecular weight is 262 g/mol. The molecule has 0 aliphatic heterocycles. The summed E-state index contributed by atoms with van der Waals surface area (Å²) >= 11 is 0. The maximum absolute atomic E-state index is 11.3. The number of aliphatic hydroxyl groups excluding tert-OH is 1. The maximum atomic E-state index is 11.3. The van der Waals surface area contributed by atoms with E-state index in [0.29, 0.717) is 18.6 Å². The van der Waals surface area contributed by atoms with Crippen LogP contribution < -0.4 is 4.74 Å². The normalized spacial score (nSPS) is 11.9. The van der Waals surface area contributed by atoms with Crippen LogP contribution in [0.15, 0.2) is 35.6 Å². The Balaban J connectivity index is 2.31. The number of Topliss-reactive ketones (excluding diaryl/α,β-unsaturated/α-hetero) is 1. The molecular formula is C16H22O3. The van der Waals surface area contributed by atoms with Crippen LogP contribution in [0.2, 0.25) is 0 Å². The van der Waals surface area contributed by atoms with Crippen molar-refractivity contribution < 1.29 is 14.6 Å². The Kier molecular flexibility index (Phi) is 6.13. The zero-order chi connectivity index (χ0) is 14.3. The van der Waals surface area contributed by atoms with Gasteiger partial charge in [0, 0.05) is 5.57 Å². The van der Waals surface area contributed by atoms with Gasteiger partial charge in [-0.25, -0.2) is 0 Å². The van der Waals surface area contributed by atoms with Crippen LogP contribution in [0.4, 0.5) is 0 Å². The lowest BCUT2D eigenvalue weighted by atomic mass is 10.0. The molecule has 0 heterocycles. The summed E-state index contributed by atoms with van der Waals surface area (Å²) in [4.78, 5) is 11.3. The molecule has 0 aliphatic rings. The van der Waals surface area contributed by atoms with Crippen LogP contribution in [0.25, 0.3) is 0 Å². The van der Waals surface area contributed by atoms with Crippen LogP contribution in [-0.2, 0) is 4.79 Å². The van der Waals surface area contributed by atoms with Gasteiger partial charge in [0.2, 0.25) is 0 Å². The van der Waals surface area contributed by atoms with Gasteiger partial charge in [-0.2, -0.15) is 0 Å². The zero-order valence-electron chi connectivity index (χ0n) is 11.9. The molecule has 1 aromatic rings. The van der Waals surface area contributed by atoms with Crippen molar-refractivity contribution >= 4 is 5.78 Å². The van der Waals surface area contributed by atoms with Crippen molar-refractivity contribution in [1.29, 1.82) is 0 Å². The van der Waals surface area contributed by atoms with E-state index in [1.807, 2.05) is 31.2 Å². The van der Waals surface area contributed by atoms with Gasteiger partial charge in [0.15, 0.2) is 5.78 Å². The van der Waals surface area contributed by atoms with Gasteiger partial charge in [0.1, 0.15) is 5.75 Å². The van der Waals surface area contributed by atoms with E-state index in [4.69, 9.17) is 4.74 Å². The number of benzene rings is 1. The summed E-state index contributed by atoms with van der Waals surface area (Å²) in [6.07, 6.45) is 2.30. The van der Waals surface area contributed by atoms with E-state index >= 15 is 0 Å². The number of para-hydroxylation sites is 1. The molecule has 0 aliphatic carbocycles. The van der Waals surface area contributed by atoms with Crippen molar-refractivity contribution in [1.82, 2.24) is 0 Å². The van der Waals surface area contributed by atoms with Crippen LogP contribution in [-0.4, -0.2) is 17.5 Å². The smallest absolute Gasteiger partial charge is 0.159 e. The van der Waals surface area contributed by atoms with Crippen molar-refractivity contribution in [2.75, 3.05) is 6.61 Å². The topological polar surface area (TPSA) is 46.5 Å². The number of carbonyl (C=O) groups excluding carboxylic acids is 1. The molecule has 1 rings (SSSR count). The van der Waals surface area contributed by atoms with Crippen LogP contribution in [0.1, 0.15) is 38.7 Å². The second-order valence-electron chi connectivity index (χ2n) is 4.69. The first-order valence-electron chi connectivity index (χ1n) is 6.60. The van der Waals surface area contributed by atoms with Crippen molar-refractivity contribution in [3.05, 3.63) is 41.2 Å². The van der Waals surface area contributed by atoms with Crippen LogP contribution in [0.5, 0.6) is 5.75 Å². The molecule has 0 aromatic heterocycles. The first-order valence-corrected chi connectivity index (χ1v) is 6.60. The molecule has 1 aromatic carbocycles. The van der Waals surface area contributed by atoms with Gasteiger partial charge in [0.25, 0.3) is 0 Å². The maximum Gasteiger partial charge on any atom is 0.159 e. The van der Waals surface area contributed by atoms with E-state index in [9.17, 15) is 9.90 Å². The second kappa shape index (κ2) is 7.62. The SMILES string of the molecule is CC(=O)/C(CCCCOc1ccccc1C)=C(\C)O. The van der Waals surface area contributed by atoms with E-state index in [-0.39, 0.29) is 11.5 Å². The molecule has 104 valence electrons. The van der Waals surface area contributed by atoms with E-state index in [2.05, 4.69) is 0 Å². The fourth-order valence-corrected chi connectivity index (χ4v) is 1.92. The third-order valence-corrected chi connectivity index (χ3v) is 3.03. The quantitative estimate of drug-likeness (QED) is 0.459. The lowest BCUT2D eigenvalue weighted by Crippen LogP contribution is -2.03. The Hall–Kier alpha value is -1.77. The molecule has 1 N–H and O–H groups in total. The Labute approximate surface area is 114 Å². The molecule has 0 radical (unpaired) electrons. The minimum absolute atomic E-state index is 0.0557. The molecule has 0 amide bonds. The second-order valence-corrected chi connectivity index (χ2v) is 4.69. The van der Waals surface area contributed by atoms with Crippen LogP contribution in [0.3, 0.4) is 0 Å². The number of aliphatic hydroxyl groups is 1. The summed E-state index contributed by atoms with van der Waals surface area (Å²) in [5, 5.41) is 9.38. The first-order chi connectivity index (χ1) is 9.02.